The van der Waals surface area contributed by atoms with Crippen LogP contribution in [-0.4, -0.2) is 54.0 Å². The molecule has 0 aliphatic carbocycles. The highest BCUT2D eigenvalue weighted by molar-refractivity contribution is 6.35. The number of carbonyl (C=O) groups excluding carboxylic acids is 2. The fraction of sp³-hybridized carbons (Fsp3) is 0.565. The molecule has 0 radical (unpaired) electrons. The van der Waals surface area contributed by atoms with Crippen molar-refractivity contribution in [2.24, 2.45) is 5.92 Å². The number of piperidine rings is 1. The van der Waals surface area contributed by atoms with E-state index in [9.17, 15) is 9.59 Å². The number of aryl methyl sites for hydroxylation is 2. The van der Waals surface area contributed by atoms with Gasteiger partial charge in [-0.3, -0.25) is 14.5 Å². The lowest BCUT2D eigenvalue weighted by molar-refractivity contribution is -0.138. The first-order valence-corrected chi connectivity index (χ1v) is 10.3. The molecule has 1 atom stereocenters. The molecule has 0 saturated carbocycles. The summed E-state index contributed by atoms with van der Waals surface area (Å²) in [5, 5.41) is 0. The van der Waals surface area contributed by atoms with Crippen molar-refractivity contribution < 1.29 is 14.3 Å². The second kappa shape index (κ2) is 8.48. The van der Waals surface area contributed by atoms with Gasteiger partial charge in [0.25, 0.3) is 11.8 Å². The van der Waals surface area contributed by atoms with E-state index in [-0.39, 0.29) is 24.5 Å². The summed E-state index contributed by atoms with van der Waals surface area (Å²) in [6, 6.07) is 6.01. The van der Waals surface area contributed by atoms with Crippen LogP contribution in [0.5, 0.6) is 0 Å². The molecule has 28 heavy (non-hydrogen) atoms. The molecule has 0 spiro atoms. The minimum absolute atomic E-state index is 0.0717. The van der Waals surface area contributed by atoms with E-state index in [2.05, 4.69) is 18.7 Å². The van der Waals surface area contributed by atoms with E-state index < -0.39 is 0 Å². The maximum absolute atomic E-state index is 13.3. The minimum atomic E-state index is -0.200. The maximum atomic E-state index is 13.3. The molecule has 2 amide bonds. The molecule has 152 valence electrons. The van der Waals surface area contributed by atoms with E-state index in [1.807, 2.05) is 39.0 Å². The third kappa shape index (κ3) is 4.14. The van der Waals surface area contributed by atoms with Crippen LogP contribution in [0.1, 0.15) is 50.3 Å². The average Bonchev–Trinajstić information content (AvgIpc) is 2.88. The summed E-state index contributed by atoms with van der Waals surface area (Å²) in [5.74, 6) is 0.136. The quantitative estimate of drug-likeness (QED) is 0.704. The predicted octanol–water partition coefficient (Wildman–Crippen LogP) is 3.54. The Kier molecular flexibility index (Phi) is 6.23. The van der Waals surface area contributed by atoms with Gasteiger partial charge in [0.15, 0.2) is 0 Å². The van der Waals surface area contributed by atoms with Crippen LogP contribution in [0.4, 0.5) is 0 Å². The molecule has 2 aliphatic heterocycles. The standard InChI is InChI=1S/C23H32N2O3/c1-15(2)28-12-11-25-22(26)20(19-9-8-17(4)18(5)13-19)21(23(25)27)24-10-6-7-16(3)14-24/h8-9,13,15-16H,6-7,10-12,14H2,1-5H3. The van der Waals surface area contributed by atoms with E-state index in [0.717, 1.165) is 37.1 Å². The zero-order valence-electron chi connectivity index (χ0n) is 17.7. The first-order chi connectivity index (χ1) is 13.3. The first kappa shape index (κ1) is 20.6. The maximum Gasteiger partial charge on any atom is 0.277 e. The Morgan fingerprint density at radius 1 is 1.14 bits per heavy atom. The second-order valence-electron chi connectivity index (χ2n) is 8.40. The molecule has 5 nitrogen and oxygen atoms in total. The number of hydrogen-bond donors (Lipinski definition) is 0. The third-order valence-corrected chi connectivity index (χ3v) is 5.68. The highest BCUT2D eigenvalue weighted by atomic mass is 16.5. The van der Waals surface area contributed by atoms with Crippen LogP contribution < -0.4 is 0 Å². The summed E-state index contributed by atoms with van der Waals surface area (Å²) in [6.45, 7) is 12.5. The van der Waals surface area contributed by atoms with Gasteiger partial charge in [-0.05, 0) is 63.1 Å². The van der Waals surface area contributed by atoms with Crippen LogP contribution in [0.3, 0.4) is 0 Å². The van der Waals surface area contributed by atoms with Gasteiger partial charge in [0.1, 0.15) is 5.70 Å². The minimum Gasteiger partial charge on any atom is -0.377 e. The molecule has 1 fully saturated rings. The van der Waals surface area contributed by atoms with Crippen molar-refractivity contribution in [1.29, 1.82) is 0 Å². The fourth-order valence-corrected chi connectivity index (χ4v) is 3.99. The summed E-state index contributed by atoms with van der Waals surface area (Å²) in [5.41, 5.74) is 4.26. The third-order valence-electron chi connectivity index (χ3n) is 5.68. The zero-order valence-corrected chi connectivity index (χ0v) is 17.7. The molecule has 0 aromatic heterocycles. The van der Waals surface area contributed by atoms with E-state index in [1.165, 1.54) is 10.5 Å². The smallest absolute Gasteiger partial charge is 0.277 e. The number of rotatable bonds is 6. The largest absolute Gasteiger partial charge is 0.377 e. The van der Waals surface area contributed by atoms with Crippen molar-refractivity contribution in [1.82, 2.24) is 9.80 Å². The Bertz CT molecular complexity index is 797. The van der Waals surface area contributed by atoms with E-state index in [0.29, 0.717) is 23.8 Å². The molecular weight excluding hydrogens is 352 g/mol. The van der Waals surface area contributed by atoms with Crippen molar-refractivity contribution in [2.75, 3.05) is 26.2 Å². The van der Waals surface area contributed by atoms with Gasteiger partial charge in [0.2, 0.25) is 0 Å². The molecule has 5 heteroatoms. The fourth-order valence-electron chi connectivity index (χ4n) is 3.99. The molecule has 3 rings (SSSR count). The molecule has 2 heterocycles. The first-order valence-electron chi connectivity index (χ1n) is 10.3. The molecule has 1 aromatic rings. The Balaban J connectivity index is 1.98. The van der Waals surface area contributed by atoms with Crippen LogP contribution in [0.2, 0.25) is 0 Å². The van der Waals surface area contributed by atoms with Gasteiger partial charge >= 0.3 is 0 Å². The van der Waals surface area contributed by atoms with Crippen molar-refractivity contribution in [3.63, 3.8) is 0 Å². The molecular formula is C23H32N2O3. The molecule has 1 saturated heterocycles. The summed E-state index contributed by atoms with van der Waals surface area (Å²) in [7, 11) is 0. The van der Waals surface area contributed by atoms with Gasteiger partial charge in [-0.1, -0.05) is 25.1 Å². The van der Waals surface area contributed by atoms with Crippen LogP contribution in [0.15, 0.2) is 23.9 Å². The lowest BCUT2D eigenvalue weighted by Gasteiger charge is -2.33. The molecule has 1 unspecified atom stereocenters. The number of ether oxygens (including phenoxy) is 1. The molecule has 0 N–H and O–H groups in total. The number of benzene rings is 1. The topological polar surface area (TPSA) is 49.9 Å². The number of hydrogen-bond acceptors (Lipinski definition) is 4. The van der Waals surface area contributed by atoms with E-state index in [1.54, 1.807) is 0 Å². The monoisotopic (exact) mass is 384 g/mol. The van der Waals surface area contributed by atoms with Gasteiger partial charge in [-0.25, -0.2) is 0 Å². The van der Waals surface area contributed by atoms with Crippen LogP contribution in [-0.2, 0) is 14.3 Å². The molecule has 0 bridgehead atoms. The number of amides is 2. The van der Waals surface area contributed by atoms with Crippen molar-refractivity contribution in [2.45, 2.75) is 53.6 Å². The van der Waals surface area contributed by atoms with Crippen molar-refractivity contribution in [3.05, 3.63) is 40.6 Å². The Morgan fingerprint density at radius 3 is 2.54 bits per heavy atom. The molecule has 2 aliphatic rings. The highest BCUT2D eigenvalue weighted by Gasteiger charge is 2.42. The highest BCUT2D eigenvalue weighted by Crippen LogP contribution is 2.34. The summed E-state index contributed by atoms with van der Waals surface area (Å²) < 4.78 is 5.60. The Morgan fingerprint density at radius 2 is 1.89 bits per heavy atom. The Labute approximate surface area is 168 Å². The van der Waals surface area contributed by atoms with Gasteiger partial charge in [-0.2, -0.15) is 0 Å². The van der Waals surface area contributed by atoms with Crippen LogP contribution >= 0.6 is 0 Å². The van der Waals surface area contributed by atoms with Gasteiger partial charge < -0.3 is 9.64 Å². The zero-order chi connectivity index (χ0) is 20.4. The lowest BCUT2D eigenvalue weighted by atomic mass is 9.96. The van der Waals surface area contributed by atoms with E-state index >= 15 is 0 Å². The van der Waals surface area contributed by atoms with Gasteiger partial charge in [-0.15, -0.1) is 0 Å². The van der Waals surface area contributed by atoms with E-state index in [4.69, 9.17) is 4.74 Å². The predicted molar refractivity (Wildman–Crippen MR) is 111 cm³/mol. The Hall–Kier alpha value is -2.14. The normalized spacial score (nSPS) is 20.7. The second-order valence-corrected chi connectivity index (χ2v) is 8.40. The number of carbonyl (C=O) groups is 2. The SMILES string of the molecule is Cc1ccc(C2=C(N3CCCC(C)C3)C(=O)N(CCOC(C)C)C2=O)cc1C. The van der Waals surface area contributed by atoms with Gasteiger partial charge in [0, 0.05) is 13.1 Å². The van der Waals surface area contributed by atoms with Crippen LogP contribution in [0.25, 0.3) is 5.57 Å². The van der Waals surface area contributed by atoms with Gasteiger partial charge in [0.05, 0.1) is 24.8 Å². The summed E-state index contributed by atoms with van der Waals surface area (Å²) in [4.78, 5) is 30.1. The lowest BCUT2D eigenvalue weighted by Crippen LogP contribution is -2.40. The van der Waals surface area contributed by atoms with Crippen LogP contribution in [0, 0.1) is 19.8 Å². The van der Waals surface area contributed by atoms with Crippen molar-refractivity contribution in [3.8, 4) is 0 Å². The number of likely N-dealkylation sites (tertiary alicyclic amines) is 1. The molecule has 1 aromatic carbocycles. The number of nitrogens with zero attached hydrogens (tertiary/aromatic N) is 2. The van der Waals surface area contributed by atoms with Crippen molar-refractivity contribution >= 4 is 17.4 Å². The average molecular weight is 385 g/mol. The summed E-state index contributed by atoms with van der Waals surface area (Å²) >= 11 is 0. The number of imide groups is 1. The summed E-state index contributed by atoms with van der Waals surface area (Å²) in [6.07, 6.45) is 2.28.